The smallest absolute Gasteiger partial charge is 0.123 e. The molecule has 0 amide bonds. The van der Waals surface area contributed by atoms with Gasteiger partial charge in [-0.2, -0.15) is 0 Å². The summed E-state index contributed by atoms with van der Waals surface area (Å²) in [5.41, 5.74) is 1.16. The minimum Gasteiger partial charge on any atom is -0.496 e. The second-order valence-electron chi connectivity index (χ2n) is 4.55. The van der Waals surface area contributed by atoms with Gasteiger partial charge in [-0.15, -0.1) is 0 Å². The Labute approximate surface area is 108 Å². The van der Waals surface area contributed by atoms with Gasteiger partial charge in [0.05, 0.1) is 7.11 Å². The van der Waals surface area contributed by atoms with Crippen molar-refractivity contribution in [2.24, 2.45) is 0 Å². The maximum absolute atomic E-state index is 6.03. The number of rotatable bonds is 3. The highest BCUT2D eigenvalue weighted by atomic mass is 35.5. The minimum atomic E-state index is 0.550. The maximum atomic E-state index is 6.03. The predicted octanol–water partition coefficient (Wildman–Crippen LogP) is 2.14. The maximum Gasteiger partial charge on any atom is 0.123 e. The van der Waals surface area contributed by atoms with Gasteiger partial charge in [-0.1, -0.05) is 11.6 Å². The van der Waals surface area contributed by atoms with Crippen LogP contribution < -0.4 is 10.1 Å². The third-order valence-corrected chi connectivity index (χ3v) is 3.32. The molecule has 1 saturated heterocycles. The van der Waals surface area contributed by atoms with Crippen molar-refractivity contribution in [3.63, 3.8) is 0 Å². The summed E-state index contributed by atoms with van der Waals surface area (Å²) < 4.78 is 5.37. The van der Waals surface area contributed by atoms with Crippen molar-refractivity contribution in [1.29, 1.82) is 0 Å². The fourth-order valence-corrected chi connectivity index (χ4v) is 2.46. The van der Waals surface area contributed by atoms with E-state index >= 15 is 0 Å². The fraction of sp³-hybridized carbons (Fsp3) is 0.538. The van der Waals surface area contributed by atoms with E-state index in [1.165, 1.54) is 0 Å². The Morgan fingerprint density at radius 2 is 2.35 bits per heavy atom. The van der Waals surface area contributed by atoms with Crippen LogP contribution in [0.15, 0.2) is 18.2 Å². The van der Waals surface area contributed by atoms with Gasteiger partial charge in [-0.3, -0.25) is 4.90 Å². The zero-order chi connectivity index (χ0) is 12.3. The molecule has 1 atom stereocenters. The Morgan fingerprint density at radius 3 is 3.06 bits per heavy atom. The molecule has 0 bridgehead atoms. The molecule has 2 rings (SSSR count). The first-order chi connectivity index (χ1) is 8.19. The molecular formula is C13H19ClN2O. The molecule has 1 aliphatic heterocycles. The summed E-state index contributed by atoms with van der Waals surface area (Å²) in [6.45, 7) is 6.29. The third kappa shape index (κ3) is 3.35. The second-order valence-corrected chi connectivity index (χ2v) is 4.98. The van der Waals surface area contributed by atoms with E-state index in [1.54, 1.807) is 7.11 Å². The summed E-state index contributed by atoms with van der Waals surface area (Å²) in [4.78, 5) is 2.43. The largest absolute Gasteiger partial charge is 0.496 e. The Hall–Kier alpha value is -0.770. The molecule has 4 heteroatoms. The number of benzene rings is 1. The van der Waals surface area contributed by atoms with Gasteiger partial charge in [-0.25, -0.2) is 0 Å². The molecule has 1 aromatic rings. The number of methoxy groups -OCH3 is 1. The number of halogens is 1. The average Bonchev–Trinajstić information content (AvgIpc) is 2.29. The monoisotopic (exact) mass is 254 g/mol. The van der Waals surface area contributed by atoms with Crippen LogP contribution in [0.5, 0.6) is 5.75 Å². The van der Waals surface area contributed by atoms with Gasteiger partial charge in [0, 0.05) is 42.8 Å². The van der Waals surface area contributed by atoms with Gasteiger partial charge in [0.15, 0.2) is 0 Å². The third-order valence-electron chi connectivity index (χ3n) is 3.09. The van der Waals surface area contributed by atoms with E-state index in [0.29, 0.717) is 6.04 Å². The van der Waals surface area contributed by atoms with Crippen LogP contribution in [-0.2, 0) is 6.54 Å². The van der Waals surface area contributed by atoms with Crippen molar-refractivity contribution in [3.8, 4) is 5.75 Å². The molecule has 94 valence electrons. The molecule has 3 nitrogen and oxygen atoms in total. The van der Waals surface area contributed by atoms with Crippen molar-refractivity contribution in [2.75, 3.05) is 26.7 Å². The number of piperazine rings is 1. The van der Waals surface area contributed by atoms with E-state index in [4.69, 9.17) is 16.3 Å². The number of hydrogen-bond acceptors (Lipinski definition) is 3. The number of hydrogen-bond donors (Lipinski definition) is 1. The van der Waals surface area contributed by atoms with Crippen LogP contribution in [0.3, 0.4) is 0 Å². The molecule has 0 aliphatic carbocycles. The highest BCUT2D eigenvalue weighted by Gasteiger charge is 2.17. The van der Waals surface area contributed by atoms with Crippen molar-refractivity contribution in [2.45, 2.75) is 19.5 Å². The van der Waals surface area contributed by atoms with Crippen molar-refractivity contribution >= 4 is 11.6 Å². The van der Waals surface area contributed by atoms with Gasteiger partial charge in [0.2, 0.25) is 0 Å². The van der Waals surface area contributed by atoms with Crippen LogP contribution in [0.1, 0.15) is 12.5 Å². The van der Waals surface area contributed by atoms with E-state index in [-0.39, 0.29) is 0 Å². The lowest BCUT2D eigenvalue weighted by atomic mass is 10.1. The standard InChI is InChI=1S/C13H19ClN2O/c1-10-8-16(6-5-15-10)9-11-7-12(14)3-4-13(11)17-2/h3-4,7,10,15H,5-6,8-9H2,1-2H3. The van der Waals surface area contributed by atoms with Crippen molar-refractivity contribution in [1.82, 2.24) is 10.2 Å². The first kappa shape index (κ1) is 12.7. The van der Waals surface area contributed by atoms with E-state index in [2.05, 4.69) is 17.1 Å². The number of nitrogens with one attached hydrogen (secondary N) is 1. The second kappa shape index (κ2) is 5.71. The van der Waals surface area contributed by atoms with Gasteiger partial charge < -0.3 is 10.1 Å². The molecule has 0 aromatic heterocycles. The first-order valence-corrected chi connectivity index (χ1v) is 6.35. The van der Waals surface area contributed by atoms with Crippen LogP contribution in [0, 0.1) is 0 Å². The zero-order valence-corrected chi connectivity index (χ0v) is 11.1. The Kier molecular flexibility index (Phi) is 4.26. The van der Waals surface area contributed by atoms with Crippen molar-refractivity contribution in [3.05, 3.63) is 28.8 Å². The summed E-state index contributed by atoms with van der Waals surface area (Å²) in [6.07, 6.45) is 0. The van der Waals surface area contributed by atoms with E-state index in [0.717, 1.165) is 42.5 Å². The Balaban J connectivity index is 2.08. The first-order valence-electron chi connectivity index (χ1n) is 5.97. The lowest BCUT2D eigenvalue weighted by molar-refractivity contribution is 0.197. The van der Waals surface area contributed by atoms with Crippen LogP contribution in [0.4, 0.5) is 0 Å². The average molecular weight is 255 g/mol. The molecule has 1 aromatic carbocycles. The van der Waals surface area contributed by atoms with Crippen molar-refractivity contribution < 1.29 is 4.74 Å². The predicted molar refractivity (Wildman–Crippen MR) is 70.7 cm³/mol. The topological polar surface area (TPSA) is 24.5 Å². The highest BCUT2D eigenvalue weighted by molar-refractivity contribution is 6.30. The van der Waals surface area contributed by atoms with E-state index in [9.17, 15) is 0 Å². The normalized spacial score (nSPS) is 21.5. The van der Waals surface area contributed by atoms with Crippen LogP contribution in [0.25, 0.3) is 0 Å². The highest BCUT2D eigenvalue weighted by Crippen LogP contribution is 2.24. The van der Waals surface area contributed by atoms with E-state index < -0.39 is 0 Å². The summed E-state index contributed by atoms with van der Waals surface area (Å²) in [5, 5.41) is 4.21. The molecule has 17 heavy (non-hydrogen) atoms. The van der Waals surface area contributed by atoms with Crippen LogP contribution in [0.2, 0.25) is 5.02 Å². The zero-order valence-electron chi connectivity index (χ0n) is 10.4. The van der Waals surface area contributed by atoms with Gasteiger partial charge in [-0.05, 0) is 25.1 Å². The molecule has 0 radical (unpaired) electrons. The quantitative estimate of drug-likeness (QED) is 0.895. The summed E-state index contributed by atoms with van der Waals surface area (Å²) in [5.74, 6) is 0.917. The number of nitrogens with zero attached hydrogens (tertiary/aromatic N) is 1. The molecule has 1 N–H and O–H groups in total. The molecular weight excluding hydrogens is 236 g/mol. The Bertz CT molecular complexity index is 384. The molecule has 0 saturated carbocycles. The molecule has 1 aliphatic rings. The van der Waals surface area contributed by atoms with Crippen LogP contribution in [-0.4, -0.2) is 37.7 Å². The molecule has 1 fully saturated rings. The summed E-state index contributed by atoms with van der Waals surface area (Å²) in [6, 6.07) is 6.34. The number of ether oxygens (including phenoxy) is 1. The lowest BCUT2D eigenvalue weighted by Crippen LogP contribution is -2.48. The SMILES string of the molecule is COc1ccc(Cl)cc1CN1CCNC(C)C1. The van der Waals surface area contributed by atoms with Crippen LogP contribution >= 0.6 is 11.6 Å². The minimum absolute atomic E-state index is 0.550. The lowest BCUT2D eigenvalue weighted by Gasteiger charge is -2.32. The molecule has 0 spiro atoms. The Morgan fingerprint density at radius 1 is 1.53 bits per heavy atom. The summed E-state index contributed by atoms with van der Waals surface area (Å²) in [7, 11) is 1.70. The fourth-order valence-electron chi connectivity index (χ4n) is 2.27. The summed E-state index contributed by atoms with van der Waals surface area (Å²) >= 11 is 6.03. The van der Waals surface area contributed by atoms with E-state index in [1.807, 2.05) is 18.2 Å². The molecule has 1 unspecified atom stereocenters. The van der Waals surface area contributed by atoms with Gasteiger partial charge in [0.1, 0.15) is 5.75 Å². The van der Waals surface area contributed by atoms with Gasteiger partial charge in [0.25, 0.3) is 0 Å². The van der Waals surface area contributed by atoms with Gasteiger partial charge >= 0.3 is 0 Å². The molecule has 1 heterocycles.